The van der Waals surface area contributed by atoms with E-state index in [1.165, 1.54) is 6.92 Å². The second-order valence-electron chi connectivity index (χ2n) is 3.76. The van der Waals surface area contributed by atoms with Crippen LogP contribution in [0.25, 0.3) is 0 Å². The van der Waals surface area contributed by atoms with Gasteiger partial charge in [-0.15, -0.1) is 0 Å². The number of rotatable bonds is 5. The van der Waals surface area contributed by atoms with Gasteiger partial charge in [-0.1, -0.05) is 6.92 Å². The van der Waals surface area contributed by atoms with Crippen LogP contribution in [-0.4, -0.2) is 31.7 Å². The first-order valence-corrected chi connectivity index (χ1v) is 5.09. The normalized spacial score (nSPS) is 14.8. The smallest absolute Gasteiger partial charge is 0.381 e. The summed E-state index contributed by atoms with van der Waals surface area (Å²) in [4.78, 5) is 0. The fraction of sp³-hybridized carbons (Fsp3) is 1.00. The Labute approximate surface area is 102 Å². The Morgan fingerprint density at radius 2 is 1.05 bits per heavy atom. The van der Waals surface area contributed by atoms with Crippen molar-refractivity contribution in [2.75, 3.05) is 13.2 Å². The fourth-order valence-electron chi connectivity index (χ4n) is 1.38. The largest absolute Gasteiger partial charge is 0.412 e. The van der Waals surface area contributed by atoms with E-state index in [0.717, 1.165) is 0 Å². The first-order chi connectivity index (χ1) is 8.31. The molecule has 0 saturated carbocycles. The maximum Gasteiger partial charge on any atom is 0.412 e. The molecule has 0 heterocycles. The second-order valence-corrected chi connectivity index (χ2v) is 3.76. The van der Waals surface area contributed by atoms with E-state index in [9.17, 15) is 39.5 Å². The SMILES string of the molecule is CCCOCCC(C(F)(F)F)(C(F)(F)F)C(F)(F)F. The predicted molar refractivity (Wildman–Crippen MR) is 46.3 cm³/mol. The highest BCUT2D eigenvalue weighted by molar-refractivity contribution is 4.99. The van der Waals surface area contributed by atoms with Gasteiger partial charge in [-0.3, -0.25) is 0 Å². The Bertz CT molecular complexity index is 239. The molecule has 0 fully saturated rings. The van der Waals surface area contributed by atoms with Crippen molar-refractivity contribution in [1.82, 2.24) is 0 Å². The van der Waals surface area contributed by atoms with Gasteiger partial charge in [-0.2, -0.15) is 39.5 Å². The van der Waals surface area contributed by atoms with Crippen molar-refractivity contribution in [2.24, 2.45) is 5.41 Å². The molecule has 0 saturated heterocycles. The lowest BCUT2D eigenvalue weighted by molar-refractivity contribution is -0.430. The summed E-state index contributed by atoms with van der Waals surface area (Å²) in [6, 6.07) is 0. The summed E-state index contributed by atoms with van der Waals surface area (Å²) in [6.45, 7) is 0.000543. The molecule has 10 heteroatoms. The Morgan fingerprint density at radius 3 is 1.32 bits per heavy atom. The number of alkyl halides is 9. The van der Waals surface area contributed by atoms with Crippen molar-refractivity contribution in [3.8, 4) is 0 Å². The lowest BCUT2D eigenvalue weighted by Gasteiger charge is -2.38. The maximum atomic E-state index is 12.4. The van der Waals surface area contributed by atoms with Crippen molar-refractivity contribution < 1.29 is 44.3 Å². The minimum atomic E-state index is -6.50. The molecule has 0 aromatic rings. The Hall–Kier alpha value is -0.670. The molecule has 1 nitrogen and oxygen atoms in total. The van der Waals surface area contributed by atoms with E-state index in [1.807, 2.05) is 0 Å². The molecule has 0 aromatic carbocycles. The van der Waals surface area contributed by atoms with Crippen molar-refractivity contribution >= 4 is 0 Å². The van der Waals surface area contributed by atoms with Crippen LogP contribution < -0.4 is 0 Å². The molecule has 19 heavy (non-hydrogen) atoms. The van der Waals surface area contributed by atoms with Crippen LogP contribution in [-0.2, 0) is 4.74 Å². The Kier molecular flexibility index (Phi) is 5.56. The molecule has 0 rings (SSSR count). The van der Waals surface area contributed by atoms with Gasteiger partial charge in [0.1, 0.15) is 0 Å². The number of hydrogen-bond donors (Lipinski definition) is 0. The molecular weight excluding hydrogens is 295 g/mol. The van der Waals surface area contributed by atoms with Crippen LogP contribution in [0.3, 0.4) is 0 Å². The molecule has 0 amide bonds. The summed E-state index contributed by atoms with van der Waals surface area (Å²) in [7, 11) is 0. The zero-order valence-electron chi connectivity index (χ0n) is 9.64. The van der Waals surface area contributed by atoms with Gasteiger partial charge in [-0.25, -0.2) is 0 Å². The molecular formula is C9H11F9O. The van der Waals surface area contributed by atoms with Gasteiger partial charge in [-0.05, 0) is 6.42 Å². The first kappa shape index (κ1) is 18.3. The van der Waals surface area contributed by atoms with E-state index in [0.29, 0.717) is 0 Å². The topological polar surface area (TPSA) is 9.23 Å². The molecule has 0 atom stereocenters. The maximum absolute atomic E-state index is 12.4. The summed E-state index contributed by atoms with van der Waals surface area (Å²) in [5.74, 6) is 0. The van der Waals surface area contributed by atoms with E-state index in [1.54, 1.807) is 0 Å². The molecule has 0 radical (unpaired) electrons. The summed E-state index contributed by atoms with van der Waals surface area (Å²) in [6.07, 6.45) is -21.5. The molecule has 0 spiro atoms. The van der Waals surface area contributed by atoms with E-state index in [-0.39, 0.29) is 13.0 Å². The third-order valence-corrected chi connectivity index (χ3v) is 2.42. The van der Waals surface area contributed by atoms with E-state index < -0.39 is 37.0 Å². The molecule has 0 aliphatic heterocycles. The quantitative estimate of drug-likeness (QED) is 0.537. The third-order valence-electron chi connectivity index (χ3n) is 2.42. The fourth-order valence-corrected chi connectivity index (χ4v) is 1.38. The third kappa shape index (κ3) is 3.67. The molecule has 0 aliphatic rings. The minimum absolute atomic E-state index is 0.219. The van der Waals surface area contributed by atoms with Gasteiger partial charge < -0.3 is 4.74 Å². The molecule has 116 valence electrons. The van der Waals surface area contributed by atoms with E-state index in [4.69, 9.17) is 0 Å². The molecule has 0 bridgehead atoms. The van der Waals surface area contributed by atoms with Crippen molar-refractivity contribution in [2.45, 2.75) is 38.3 Å². The summed E-state index contributed by atoms with van der Waals surface area (Å²) < 4.78 is 116. The van der Waals surface area contributed by atoms with Crippen molar-refractivity contribution in [3.05, 3.63) is 0 Å². The van der Waals surface area contributed by atoms with Gasteiger partial charge in [0.25, 0.3) is 5.41 Å². The summed E-state index contributed by atoms with van der Waals surface area (Å²) in [5.41, 5.74) is -5.76. The first-order valence-electron chi connectivity index (χ1n) is 5.09. The standard InChI is InChI=1S/C9H11F9O/c1-2-4-19-5-3-6(7(10,11)12,8(13,14)15)9(16,17)18/h2-5H2,1H3. The number of ether oxygens (including phenoxy) is 1. The van der Waals surface area contributed by atoms with Crippen LogP contribution in [0.2, 0.25) is 0 Å². The second kappa shape index (κ2) is 5.76. The van der Waals surface area contributed by atoms with Crippen LogP contribution >= 0.6 is 0 Å². The minimum Gasteiger partial charge on any atom is -0.381 e. The predicted octanol–water partition coefficient (Wildman–Crippen LogP) is 4.48. The molecule has 0 N–H and O–H groups in total. The van der Waals surface area contributed by atoms with Crippen LogP contribution in [0.1, 0.15) is 19.8 Å². The lowest BCUT2D eigenvalue weighted by atomic mass is 9.82. The highest BCUT2D eigenvalue weighted by atomic mass is 19.4. The zero-order valence-corrected chi connectivity index (χ0v) is 9.64. The van der Waals surface area contributed by atoms with Crippen molar-refractivity contribution in [3.63, 3.8) is 0 Å². The number of halogens is 9. The van der Waals surface area contributed by atoms with E-state index >= 15 is 0 Å². The van der Waals surface area contributed by atoms with Crippen LogP contribution in [0.4, 0.5) is 39.5 Å². The summed E-state index contributed by atoms with van der Waals surface area (Å²) in [5, 5.41) is 0. The van der Waals surface area contributed by atoms with Gasteiger partial charge >= 0.3 is 18.5 Å². The Morgan fingerprint density at radius 1 is 0.684 bits per heavy atom. The van der Waals surface area contributed by atoms with Gasteiger partial charge in [0, 0.05) is 19.6 Å². The van der Waals surface area contributed by atoms with Crippen LogP contribution in [0, 0.1) is 5.41 Å². The van der Waals surface area contributed by atoms with E-state index in [2.05, 4.69) is 4.74 Å². The van der Waals surface area contributed by atoms with Gasteiger partial charge in [0.2, 0.25) is 0 Å². The lowest BCUT2D eigenvalue weighted by Crippen LogP contribution is -2.60. The van der Waals surface area contributed by atoms with Crippen LogP contribution in [0.5, 0.6) is 0 Å². The molecule has 0 unspecified atom stereocenters. The van der Waals surface area contributed by atoms with Gasteiger partial charge in [0.05, 0.1) is 0 Å². The Balaban J connectivity index is 5.44. The molecule has 0 aromatic heterocycles. The number of hydrogen-bond acceptors (Lipinski definition) is 1. The van der Waals surface area contributed by atoms with Crippen LogP contribution in [0.15, 0.2) is 0 Å². The highest BCUT2D eigenvalue weighted by Crippen LogP contribution is 2.61. The van der Waals surface area contributed by atoms with Gasteiger partial charge in [0.15, 0.2) is 0 Å². The monoisotopic (exact) mass is 306 g/mol. The average Bonchev–Trinajstić information content (AvgIpc) is 2.10. The highest BCUT2D eigenvalue weighted by Gasteiger charge is 2.82. The van der Waals surface area contributed by atoms with Crippen molar-refractivity contribution in [1.29, 1.82) is 0 Å². The molecule has 0 aliphatic carbocycles. The zero-order chi connectivity index (χ0) is 15.5. The average molecular weight is 306 g/mol. The summed E-state index contributed by atoms with van der Waals surface area (Å²) >= 11 is 0.